The lowest BCUT2D eigenvalue weighted by Crippen LogP contribution is -1.91. The molecule has 2 rings (SSSR count). The van der Waals surface area contributed by atoms with E-state index >= 15 is 0 Å². The van der Waals surface area contributed by atoms with E-state index < -0.39 is 0 Å². The van der Waals surface area contributed by atoms with Gasteiger partial charge in [0.1, 0.15) is 0 Å². The van der Waals surface area contributed by atoms with Gasteiger partial charge in [0.05, 0.1) is 0 Å². The Morgan fingerprint density at radius 1 is 1.12 bits per heavy atom. The van der Waals surface area contributed by atoms with E-state index in [-0.39, 0.29) is 0 Å². The standard InChI is InChI=1S/C13H15BrN2O/c1-9(2)13-16-15-12(17-13)8-5-10-3-6-11(14)7-4-10/h3-4,6-7,9H,5,8H2,1-2H3. The van der Waals surface area contributed by atoms with Crippen LogP contribution in [-0.4, -0.2) is 10.2 Å². The Labute approximate surface area is 109 Å². The minimum absolute atomic E-state index is 0.295. The molecule has 0 unspecified atom stereocenters. The Bertz CT molecular complexity index is 476. The fourth-order valence-corrected chi connectivity index (χ4v) is 1.77. The maximum Gasteiger partial charge on any atom is 0.219 e. The van der Waals surface area contributed by atoms with Crippen molar-refractivity contribution in [1.29, 1.82) is 0 Å². The lowest BCUT2D eigenvalue weighted by atomic mass is 10.1. The molecule has 17 heavy (non-hydrogen) atoms. The molecular weight excluding hydrogens is 280 g/mol. The van der Waals surface area contributed by atoms with Crippen LogP contribution in [0, 0.1) is 0 Å². The number of halogens is 1. The summed E-state index contributed by atoms with van der Waals surface area (Å²) in [6.07, 6.45) is 1.72. The van der Waals surface area contributed by atoms with Gasteiger partial charge >= 0.3 is 0 Å². The van der Waals surface area contributed by atoms with Crippen molar-refractivity contribution in [3.63, 3.8) is 0 Å². The molecule has 0 aliphatic heterocycles. The molecule has 0 bridgehead atoms. The molecule has 0 saturated carbocycles. The van der Waals surface area contributed by atoms with Gasteiger partial charge in [0.25, 0.3) is 0 Å². The van der Waals surface area contributed by atoms with Gasteiger partial charge in [0.2, 0.25) is 11.8 Å². The van der Waals surface area contributed by atoms with Gasteiger partial charge in [-0.15, -0.1) is 10.2 Å². The minimum Gasteiger partial charge on any atom is -0.425 e. The highest BCUT2D eigenvalue weighted by Gasteiger charge is 2.09. The number of benzene rings is 1. The maximum atomic E-state index is 5.56. The van der Waals surface area contributed by atoms with E-state index in [2.05, 4.69) is 38.3 Å². The molecule has 1 heterocycles. The number of aromatic nitrogens is 2. The van der Waals surface area contributed by atoms with Crippen LogP contribution < -0.4 is 0 Å². The van der Waals surface area contributed by atoms with Gasteiger partial charge in [0.15, 0.2) is 0 Å². The zero-order valence-corrected chi connectivity index (χ0v) is 11.6. The van der Waals surface area contributed by atoms with Crippen molar-refractivity contribution in [3.05, 3.63) is 46.1 Å². The third kappa shape index (κ3) is 3.40. The first-order valence-electron chi connectivity index (χ1n) is 5.72. The summed E-state index contributed by atoms with van der Waals surface area (Å²) in [7, 11) is 0. The van der Waals surface area contributed by atoms with Crippen molar-refractivity contribution >= 4 is 15.9 Å². The summed E-state index contributed by atoms with van der Waals surface area (Å²) >= 11 is 3.42. The van der Waals surface area contributed by atoms with E-state index in [0.717, 1.165) is 29.1 Å². The Hall–Kier alpha value is -1.16. The van der Waals surface area contributed by atoms with Crippen LogP contribution in [0.5, 0.6) is 0 Å². The molecule has 4 heteroatoms. The van der Waals surface area contributed by atoms with Gasteiger partial charge in [-0.3, -0.25) is 0 Å². The van der Waals surface area contributed by atoms with Crippen LogP contribution in [0.25, 0.3) is 0 Å². The van der Waals surface area contributed by atoms with Gasteiger partial charge in [0, 0.05) is 16.8 Å². The van der Waals surface area contributed by atoms with Crippen molar-refractivity contribution in [2.24, 2.45) is 0 Å². The first kappa shape index (κ1) is 12.3. The molecule has 0 N–H and O–H groups in total. The summed E-state index contributed by atoms with van der Waals surface area (Å²) in [5.41, 5.74) is 1.28. The first-order valence-corrected chi connectivity index (χ1v) is 6.51. The predicted molar refractivity (Wildman–Crippen MR) is 69.9 cm³/mol. The van der Waals surface area contributed by atoms with Crippen LogP contribution in [0.1, 0.15) is 37.1 Å². The average molecular weight is 295 g/mol. The third-order valence-corrected chi connectivity index (χ3v) is 3.05. The van der Waals surface area contributed by atoms with E-state index in [1.54, 1.807) is 0 Å². The second-order valence-electron chi connectivity index (χ2n) is 4.32. The lowest BCUT2D eigenvalue weighted by molar-refractivity contribution is 0.431. The Balaban J connectivity index is 1.95. The SMILES string of the molecule is CC(C)c1nnc(CCc2ccc(Br)cc2)o1. The van der Waals surface area contributed by atoms with Crippen molar-refractivity contribution in [2.75, 3.05) is 0 Å². The van der Waals surface area contributed by atoms with E-state index in [9.17, 15) is 0 Å². The van der Waals surface area contributed by atoms with Gasteiger partial charge in [-0.25, -0.2) is 0 Å². The maximum absolute atomic E-state index is 5.56. The van der Waals surface area contributed by atoms with Crippen LogP contribution in [0.15, 0.2) is 33.2 Å². The van der Waals surface area contributed by atoms with Crippen LogP contribution >= 0.6 is 15.9 Å². The average Bonchev–Trinajstić information content (AvgIpc) is 2.77. The molecule has 3 nitrogen and oxygen atoms in total. The molecule has 2 aromatic rings. The fourth-order valence-electron chi connectivity index (χ4n) is 1.50. The summed E-state index contributed by atoms with van der Waals surface area (Å²) in [6.45, 7) is 4.10. The van der Waals surface area contributed by atoms with E-state index in [1.807, 2.05) is 26.0 Å². The minimum atomic E-state index is 0.295. The largest absolute Gasteiger partial charge is 0.425 e. The molecule has 0 fully saturated rings. The third-order valence-electron chi connectivity index (χ3n) is 2.52. The summed E-state index contributed by atoms with van der Waals surface area (Å²) in [6, 6.07) is 8.29. The Morgan fingerprint density at radius 2 is 1.82 bits per heavy atom. The number of aryl methyl sites for hydroxylation is 2. The molecule has 0 saturated heterocycles. The van der Waals surface area contributed by atoms with E-state index in [0.29, 0.717) is 5.92 Å². The monoisotopic (exact) mass is 294 g/mol. The molecular formula is C13H15BrN2O. The van der Waals surface area contributed by atoms with Gasteiger partial charge < -0.3 is 4.42 Å². The highest BCUT2D eigenvalue weighted by Crippen LogP contribution is 2.15. The molecule has 0 aliphatic rings. The second kappa shape index (κ2) is 5.45. The zero-order valence-electron chi connectivity index (χ0n) is 9.98. The van der Waals surface area contributed by atoms with Gasteiger partial charge in [-0.05, 0) is 24.1 Å². The predicted octanol–water partition coefficient (Wildman–Crippen LogP) is 3.74. The van der Waals surface area contributed by atoms with Crippen molar-refractivity contribution in [3.8, 4) is 0 Å². The summed E-state index contributed by atoms with van der Waals surface area (Å²) in [5, 5.41) is 8.06. The van der Waals surface area contributed by atoms with Crippen molar-refractivity contribution < 1.29 is 4.42 Å². The smallest absolute Gasteiger partial charge is 0.219 e. The summed E-state index contributed by atoms with van der Waals surface area (Å²) < 4.78 is 6.66. The molecule has 1 aromatic carbocycles. The van der Waals surface area contributed by atoms with Crippen LogP contribution in [0.3, 0.4) is 0 Å². The summed E-state index contributed by atoms with van der Waals surface area (Å²) in [4.78, 5) is 0. The van der Waals surface area contributed by atoms with Crippen LogP contribution in [0.2, 0.25) is 0 Å². The fraction of sp³-hybridized carbons (Fsp3) is 0.385. The normalized spacial score (nSPS) is 11.1. The topological polar surface area (TPSA) is 38.9 Å². The highest BCUT2D eigenvalue weighted by molar-refractivity contribution is 9.10. The first-order chi connectivity index (χ1) is 8.15. The quantitative estimate of drug-likeness (QED) is 0.862. The molecule has 90 valence electrons. The number of rotatable bonds is 4. The Kier molecular flexibility index (Phi) is 3.94. The molecule has 1 aromatic heterocycles. The van der Waals surface area contributed by atoms with Gasteiger partial charge in [-0.2, -0.15) is 0 Å². The number of nitrogens with zero attached hydrogens (tertiary/aromatic N) is 2. The van der Waals surface area contributed by atoms with E-state index in [4.69, 9.17) is 4.42 Å². The molecule has 0 aliphatic carbocycles. The lowest BCUT2D eigenvalue weighted by Gasteiger charge is -1.99. The number of hydrogen-bond donors (Lipinski definition) is 0. The molecule has 0 amide bonds. The highest BCUT2D eigenvalue weighted by atomic mass is 79.9. The second-order valence-corrected chi connectivity index (χ2v) is 5.23. The Morgan fingerprint density at radius 3 is 2.41 bits per heavy atom. The van der Waals surface area contributed by atoms with Crippen LogP contribution in [0.4, 0.5) is 0 Å². The zero-order chi connectivity index (χ0) is 12.3. The number of hydrogen-bond acceptors (Lipinski definition) is 3. The van der Waals surface area contributed by atoms with E-state index in [1.165, 1.54) is 5.56 Å². The van der Waals surface area contributed by atoms with Crippen LogP contribution in [-0.2, 0) is 12.8 Å². The molecule has 0 spiro atoms. The molecule has 0 atom stereocenters. The molecule has 0 radical (unpaired) electrons. The van der Waals surface area contributed by atoms with Crippen molar-refractivity contribution in [1.82, 2.24) is 10.2 Å². The van der Waals surface area contributed by atoms with Crippen molar-refractivity contribution in [2.45, 2.75) is 32.6 Å². The summed E-state index contributed by atoms with van der Waals surface area (Å²) in [5.74, 6) is 1.73. The van der Waals surface area contributed by atoms with Gasteiger partial charge in [-0.1, -0.05) is 41.9 Å².